The minimum atomic E-state index is -4.54. The lowest BCUT2D eigenvalue weighted by atomic mass is 10.0. The first-order chi connectivity index (χ1) is 16.9. The molecule has 196 valence electrons. The lowest BCUT2D eigenvalue weighted by molar-refractivity contribution is -0.141. The second-order valence-corrected chi connectivity index (χ2v) is 11.2. The van der Waals surface area contributed by atoms with E-state index in [9.17, 15) is 31.5 Å². The number of aromatic nitrogens is 1. The normalized spacial score (nSPS) is 20.8. The number of anilines is 2. The molecule has 2 aromatic rings. The van der Waals surface area contributed by atoms with Crippen molar-refractivity contribution in [2.24, 2.45) is 5.92 Å². The summed E-state index contributed by atoms with van der Waals surface area (Å²) in [7, 11) is -3.52. The number of aliphatic hydroxyl groups is 1. The molecule has 1 aromatic carbocycles. The van der Waals surface area contributed by atoms with E-state index in [0.29, 0.717) is 42.0 Å². The third kappa shape index (κ3) is 5.92. The number of hydrogen-bond acceptors (Lipinski definition) is 6. The Kier molecular flexibility index (Phi) is 7.20. The lowest BCUT2D eigenvalue weighted by Gasteiger charge is -2.22. The van der Waals surface area contributed by atoms with E-state index in [1.165, 1.54) is 12.1 Å². The molecule has 1 aliphatic carbocycles. The maximum absolute atomic E-state index is 13.3. The average Bonchev–Trinajstić information content (AvgIpc) is 3.41. The van der Waals surface area contributed by atoms with Crippen LogP contribution in [-0.4, -0.2) is 43.8 Å². The van der Waals surface area contributed by atoms with E-state index in [0.717, 1.165) is 25.2 Å². The molecule has 36 heavy (non-hydrogen) atoms. The maximum atomic E-state index is 13.3. The van der Waals surface area contributed by atoms with Crippen LogP contribution in [0.25, 0.3) is 0 Å². The number of nitrogens with zero attached hydrogens (tertiary/aromatic N) is 2. The molecule has 0 bridgehead atoms. The second kappa shape index (κ2) is 9.89. The van der Waals surface area contributed by atoms with Gasteiger partial charge in [-0.3, -0.25) is 9.52 Å². The number of nitrogens with one attached hydrogen (secondary N) is 2. The fourth-order valence-corrected chi connectivity index (χ4v) is 5.23. The van der Waals surface area contributed by atoms with Crippen molar-refractivity contribution in [3.05, 3.63) is 52.7 Å². The Hall–Kier alpha value is -2.86. The number of halogens is 3. The van der Waals surface area contributed by atoms with Crippen molar-refractivity contribution in [1.29, 1.82) is 0 Å². The minimum absolute atomic E-state index is 0.211. The van der Waals surface area contributed by atoms with Crippen LogP contribution in [0.15, 0.2) is 30.3 Å². The van der Waals surface area contributed by atoms with Gasteiger partial charge in [0.05, 0.1) is 24.6 Å². The van der Waals surface area contributed by atoms with Crippen LogP contribution in [0.4, 0.5) is 24.7 Å². The van der Waals surface area contributed by atoms with Crippen LogP contribution in [0.5, 0.6) is 0 Å². The Morgan fingerprint density at radius 3 is 2.53 bits per heavy atom. The summed E-state index contributed by atoms with van der Waals surface area (Å²) in [5, 5.41) is 12.6. The number of aliphatic hydroxyl groups excluding tert-OH is 1. The highest BCUT2D eigenvalue weighted by atomic mass is 32.2. The summed E-state index contributed by atoms with van der Waals surface area (Å²) in [4.78, 5) is 18.8. The predicted molar refractivity (Wildman–Crippen MR) is 129 cm³/mol. The van der Waals surface area contributed by atoms with E-state index < -0.39 is 34.5 Å². The monoisotopic (exact) mass is 526 g/mol. The van der Waals surface area contributed by atoms with Crippen molar-refractivity contribution in [3.8, 4) is 0 Å². The molecular weight excluding hydrogens is 497 g/mol. The molecule has 0 radical (unpaired) electrons. The van der Waals surface area contributed by atoms with Crippen LogP contribution in [0, 0.1) is 5.92 Å². The first-order valence-electron chi connectivity index (χ1n) is 11.7. The molecule has 4 rings (SSSR count). The SMILES string of the molecule is CC(NC(=O)[C@@H]1CC1c1ccc(C(F)(F)F)nc1N1CCCC1)c1ccc(NS(C)(=O)=O)c(CO)c1. The topological polar surface area (TPSA) is 112 Å². The Labute approximate surface area is 208 Å². The zero-order valence-corrected chi connectivity index (χ0v) is 20.8. The molecule has 2 heterocycles. The number of carbonyl (C=O) groups is 1. The number of sulfonamides is 1. The number of hydrogen-bond donors (Lipinski definition) is 3. The summed E-state index contributed by atoms with van der Waals surface area (Å²) in [5.74, 6) is -0.492. The van der Waals surface area contributed by atoms with Crippen LogP contribution in [0.3, 0.4) is 0 Å². The molecule has 3 atom stereocenters. The van der Waals surface area contributed by atoms with Crippen molar-refractivity contribution in [2.75, 3.05) is 29.0 Å². The highest BCUT2D eigenvalue weighted by molar-refractivity contribution is 7.92. The Morgan fingerprint density at radius 2 is 1.92 bits per heavy atom. The molecule has 1 aromatic heterocycles. The molecule has 1 saturated heterocycles. The Bertz CT molecular complexity index is 1250. The van der Waals surface area contributed by atoms with Gasteiger partial charge in [-0.25, -0.2) is 13.4 Å². The molecule has 1 aliphatic heterocycles. The molecule has 2 aliphatic rings. The van der Waals surface area contributed by atoms with Crippen molar-refractivity contribution >= 4 is 27.4 Å². The molecule has 2 unspecified atom stereocenters. The third-order valence-corrected chi connectivity index (χ3v) is 7.17. The van der Waals surface area contributed by atoms with Gasteiger partial charge < -0.3 is 15.3 Å². The first kappa shape index (κ1) is 26.2. The van der Waals surface area contributed by atoms with Gasteiger partial charge in [0.1, 0.15) is 11.5 Å². The quantitative estimate of drug-likeness (QED) is 0.485. The number of alkyl halides is 3. The van der Waals surface area contributed by atoms with E-state index in [1.54, 1.807) is 19.1 Å². The van der Waals surface area contributed by atoms with E-state index in [1.807, 2.05) is 4.90 Å². The number of amides is 1. The Balaban J connectivity index is 1.48. The number of carbonyl (C=O) groups excluding carboxylic acids is 1. The smallest absolute Gasteiger partial charge is 0.392 e. The van der Waals surface area contributed by atoms with Crippen LogP contribution in [0.1, 0.15) is 60.5 Å². The minimum Gasteiger partial charge on any atom is -0.392 e. The molecule has 3 N–H and O–H groups in total. The van der Waals surface area contributed by atoms with Crippen molar-refractivity contribution < 1.29 is 31.5 Å². The fraction of sp³-hybridized carbons (Fsp3) is 0.500. The highest BCUT2D eigenvalue weighted by Gasteiger charge is 2.47. The average molecular weight is 527 g/mol. The largest absolute Gasteiger partial charge is 0.433 e. The number of rotatable bonds is 8. The van der Waals surface area contributed by atoms with Gasteiger partial charge in [0.2, 0.25) is 15.9 Å². The number of pyridine rings is 1. The van der Waals surface area contributed by atoms with E-state index in [4.69, 9.17) is 0 Å². The molecule has 2 fully saturated rings. The summed E-state index contributed by atoms with van der Waals surface area (Å²) < 4.78 is 65.2. The molecule has 1 amide bonds. The third-order valence-electron chi connectivity index (χ3n) is 6.58. The molecule has 0 spiro atoms. The Morgan fingerprint density at radius 1 is 1.22 bits per heavy atom. The maximum Gasteiger partial charge on any atom is 0.433 e. The van der Waals surface area contributed by atoms with Gasteiger partial charge in [0.15, 0.2) is 0 Å². The summed E-state index contributed by atoms with van der Waals surface area (Å²) >= 11 is 0. The van der Waals surface area contributed by atoms with Gasteiger partial charge in [-0.15, -0.1) is 0 Å². The molecule has 8 nitrogen and oxygen atoms in total. The van der Waals surface area contributed by atoms with Gasteiger partial charge in [0.25, 0.3) is 0 Å². The van der Waals surface area contributed by atoms with E-state index >= 15 is 0 Å². The van der Waals surface area contributed by atoms with Crippen molar-refractivity contribution in [3.63, 3.8) is 0 Å². The standard InChI is InChI=1S/C24H29F3N4O4S/c1-14(15-5-7-20(16(11-15)13-32)30-36(2,34)35)28-23(33)19-12-18(19)17-6-8-21(24(25,26)27)29-22(17)31-9-3-4-10-31/h5-8,11,14,18-19,30,32H,3-4,9-10,12-13H2,1-2H3,(H,28,33)/t14?,18?,19-/m1/s1. The van der Waals surface area contributed by atoms with Crippen molar-refractivity contribution in [2.45, 2.75) is 50.9 Å². The van der Waals surface area contributed by atoms with Crippen molar-refractivity contribution in [1.82, 2.24) is 10.3 Å². The lowest BCUT2D eigenvalue weighted by Crippen LogP contribution is -2.29. The zero-order valence-electron chi connectivity index (χ0n) is 20.0. The van der Waals surface area contributed by atoms with Crippen LogP contribution in [-0.2, 0) is 27.6 Å². The molecule has 12 heteroatoms. The zero-order chi connectivity index (χ0) is 26.3. The predicted octanol–water partition coefficient (Wildman–Crippen LogP) is 3.55. The summed E-state index contributed by atoms with van der Waals surface area (Å²) in [6.07, 6.45) is -1.23. The number of benzene rings is 1. The van der Waals surface area contributed by atoms with E-state index in [2.05, 4.69) is 15.0 Å². The van der Waals surface area contributed by atoms with E-state index in [-0.39, 0.29) is 23.4 Å². The fourth-order valence-electron chi connectivity index (χ4n) is 4.63. The van der Waals surface area contributed by atoms with Crippen LogP contribution >= 0.6 is 0 Å². The van der Waals surface area contributed by atoms with Crippen LogP contribution in [0.2, 0.25) is 0 Å². The van der Waals surface area contributed by atoms with Gasteiger partial charge in [-0.05, 0) is 61.4 Å². The van der Waals surface area contributed by atoms with Gasteiger partial charge in [-0.2, -0.15) is 13.2 Å². The summed E-state index contributed by atoms with van der Waals surface area (Å²) in [6, 6.07) is 6.81. The highest BCUT2D eigenvalue weighted by Crippen LogP contribution is 2.51. The summed E-state index contributed by atoms with van der Waals surface area (Å²) in [5.41, 5.74) is 1.04. The van der Waals surface area contributed by atoms with Crippen LogP contribution < -0.4 is 14.9 Å². The first-order valence-corrected chi connectivity index (χ1v) is 13.6. The van der Waals surface area contributed by atoms with Gasteiger partial charge in [-0.1, -0.05) is 12.1 Å². The molecule has 1 saturated carbocycles. The van der Waals surface area contributed by atoms with Gasteiger partial charge >= 0.3 is 6.18 Å². The molecular formula is C24H29F3N4O4S. The summed E-state index contributed by atoms with van der Waals surface area (Å²) in [6.45, 7) is 2.65. The van der Waals surface area contributed by atoms with Gasteiger partial charge in [0, 0.05) is 24.6 Å². The second-order valence-electron chi connectivity index (χ2n) is 9.43.